The van der Waals surface area contributed by atoms with E-state index in [1.165, 1.54) is 13.2 Å². The van der Waals surface area contributed by atoms with Crippen LogP contribution in [0.1, 0.15) is 34.6 Å². The highest BCUT2D eigenvalue weighted by Gasteiger charge is 2.13. The second kappa shape index (κ2) is 8.88. The van der Waals surface area contributed by atoms with Crippen LogP contribution in [0.3, 0.4) is 0 Å². The molecule has 144 valence electrons. The fourth-order valence-electron chi connectivity index (χ4n) is 2.46. The van der Waals surface area contributed by atoms with Gasteiger partial charge in [0.05, 0.1) is 18.4 Å². The van der Waals surface area contributed by atoms with Crippen LogP contribution in [0.25, 0.3) is 0 Å². The van der Waals surface area contributed by atoms with Gasteiger partial charge in [0.15, 0.2) is 5.75 Å². The summed E-state index contributed by atoms with van der Waals surface area (Å²) >= 11 is 0. The van der Waals surface area contributed by atoms with Crippen LogP contribution in [0.4, 0.5) is 4.79 Å². The third kappa shape index (κ3) is 5.10. The SMILES string of the molecule is COC(=O)c1ccc([C@H](C)OC(=O)NCCn2ccc(=O)c(O)c2C)cc1. The molecule has 1 amide bonds. The number of alkyl carbamates (subject to hydrolysis) is 1. The van der Waals surface area contributed by atoms with Crippen LogP contribution in [-0.2, 0) is 16.0 Å². The van der Waals surface area contributed by atoms with Gasteiger partial charge in [0.2, 0.25) is 5.43 Å². The van der Waals surface area contributed by atoms with Crippen molar-refractivity contribution in [1.82, 2.24) is 9.88 Å². The molecule has 2 rings (SSSR count). The fourth-order valence-corrected chi connectivity index (χ4v) is 2.46. The number of benzene rings is 1. The minimum Gasteiger partial charge on any atom is -0.503 e. The lowest BCUT2D eigenvalue weighted by Gasteiger charge is -2.16. The average molecular weight is 374 g/mol. The van der Waals surface area contributed by atoms with E-state index in [9.17, 15) is 19.5 Å². The molecule has 2 N–H and O–H groups in total. The lowest BCUT2D eigenvalue weighted by atomic mass is 10.1. The number of hydrogen-bond acceptors (Lipinski definition) is 6. The number of rotatable bonds is 6. The van der Waals surface area contributed by atoms with Crippen LogP contribution in [-0.4, -0.2) is 35.4 Å². The Morgan fingerprint density at radius 2 is 1.89 bits per heavy atom. The molecule has 0 saturated heterocycles. The van der Waals surface area contributed by atoms with Gasteiger partial charge in [0, 0.05) is 25.4 Å². The molecule has 1 heterocycles. The number of aromatic hydroxyl groups is 1. The molecule has 0 spiro atoms. The number of hydrogen-bond donors (Lipinski definition) is 2. The second-order valence-corrected chi connectivity index (χ2v) is 5.90. The highest BCUT2D eigenvalue weighted by molar-refractivity contribution is 5.89. The maximum Gasteiger partial charge on any atom is 0.407 e. The minimum absolute atomic E-state index is 0.260. The molecule has 0 fully saturated rings. The lowest BCUT2D eigenvalue weighted by Crippen LogP contribution is -2.29. The molecule has 8 nitrogen and oxygen atoms in total. The number of ether oxygens (including phenoxy) is 2. The molecule has 0 radical (unpaired) electrons. The quantitative estimate of drug-likeness (QED) is 0.750. The molecular weight excluding hydrogens is 352 g/mol. The van der Waals surface area contributed by atoms with E-state index in [4.69, 9.17) is 4.74 Å². The molecule has 0 bridgehead atoms. The first-order valence-electron chi connectivity index (χ1n) is 8.35. The first-order valence-corrected chi connectivity index (χ1v) is 8.35. The predicted octanol–water partition coefficient (Wildman–Crippen LogP) is 2.14. The van der Waals surface area contributed by atoms with Crippen LogP contribution in [0.5, 0.6) is 5.75 Å². The van der Waals surface area contributed by atoms with Crippen LogP contribution < -0.4 is 10.7 Å². The topological polar surface area (TPSA) is 107 Å². The Hall–Kier alpha value is -3.29. The predicted molar refractivity (Wildman–Crippen MR) is 97.8 cm³/mol. The van der Waals surface area contributed by atoms with Crippen LogP contribution >= 0.6 is 0 Å². The number of nitrogens with zero attached hydrogens (tertiary/aromatic N) is 1. The van der Waals surface area contributed by atoms with Gasteiger partial charge < -0.3 is 24.5 Å². The maximum absolute atomic E-state index is 11.9. The minimum atomic E-state index is -0.595. The summed E-state index contributed by atoms with van der Waals surface area (Å²) in [5.41, 5.74) is 1.14. The van der Waals surface area contributed by atoms with E-state index in [2.05, 4.69) is 10.1 Å². The van der Waals surface area contributed by atoms with Gasteiger partial charge >= 0.3 is 12.1 Å². The van der Waals surface area contributed by atoms with Crippen molar-refractivity contribution in [3.05, 3.63) is 63.6 Å². The van der Waals surface area contributed by atoms with E-state index in [0.29, 0.717) is 17.8 Å². The van der Waals surface area contributed by atoms with Crippen molar-refractivity contribution in [3.8, 4) is 5.75 Å². The molecule has 2 aromatic rings. The maximum atomic E-state index is 11.9. The summed E-state index contributed by atoms with van der Waals surface area (Å²) in [6.07, 6.45) is 0.452. The molecule has 0 unspecified atom stereocenters. The average Bonchev–Trinajstić information content (AvgIpc) is 2.67. The van der Waals surface area contributed by atoms with Gasteiger partial charge in [0.1, 0.15) is 6.10 Å². The van der Waals surface area contributed by atoms with Crippen LogP contribution in [0.15, 0.2) is 41.3 Å². The number of pyridine rings is 1. The molecule has 0 aliphatic rings. The summed E-state index contributed by atoms with van der Waals surface area (Å²) in [5.74, 6) is -0.735. The molecule has 1 aromatic carbocycles. The van der Waals surface area contributed by atoms with Crippen LogP contribution in [0, 0.1) is 6.92 Å². The van der Waals surface area contributed by atoms with Crippen molar-refractivity contribution in [2.45, 2.75) is 26.5 Å². The Morgan fingerprint density at radius 3 is 2.52 bits per heavy atom. The number of methoxy groups -OCH3 is 1. The number of carbonyl (C=O) groups excluding carboxylic acids is 2. The van der Waals surface area contributed by atoms with Crippen molar-refractivity contribution in [2.75, 3.05) is 13.7 Å². The first kappa shape index (κ1) is 20.0. The fraction of sp³-hybridized carbons (Fsp3) is 0.316. The molecule has 1 aromatic heterocycles. The zero-order valence-corrected chi connectivity index (χ0v) is 15.4. The van der Waals surface area contributed by atoms with Crippen molar-refractivity contribution >= 4 is 12.1 Å². The standard InChI is InChI=1S/C19H22N2O6/c1-12-17(23)16(22)8-10-21(12)11-9-20-19(25)27-13(2)14-4-6-15(7-5-14)18(24)26-3/h4-8,10,13,23H,9,11H2,1-3H3,(H,20,25)/t13-/m0/s1. The van der Waals surface area contributed by atoms with Gasteiger partial charge in [-0.25, -0.2) is 9.59 Å². The largest absolute Gasteiger partial charge is 0.503 e. The Morgan fingerprint density at radius 1 is 1.22 bits per heavy atom. The number of esters is 1. The first-order chi connectivity index (χ1) is 12.8. The third-order valence-corrected chi connectivity index (χ3v) is 4.12. The van der Waals surface area contributed by atoms with Gasteiger partial charge in [-0.2, -0.15) is 0 Å². The summed E-state index contributed by atoms with van der Waals surface area (Å²) in [7, 11) is 1.31. The molecule has 27 heavy (non-hydrogen) atoms. The Kier molecular flexibility index (Phi) is 6.59. The summed E-state index contributed by atoms with van der Waals surface area (Å²) in [6.45, 7) is 3.97. The summed E-state index contributed by atoms with van der Waals surface area (Å²) < 4.78 is 11.6. The zero-order valence-electron chi connectivity index (χ0n) is 15.4. The molecule has 0 saturated carbocycles. The van der Waals surface area contributed by atoms with E-state index >= 15 is 0 Å². The Bertz CT molecular complexity index is 873. The highest BCUT2D eigenvalue weighted by atomic mass is 16.6. The number of carbonyl (C=O) groups is 2. The summed E-state index contributed by atoms with van der Waals surface area (Å²) in [6, 6.07) is 7.85. The van der Waals surface area contributed by atoms with Gasteiger partial charge in [0.25, 0.3) is 0 Å². The van der Waals surface area contributed by atoms with Crippen molar-refractivity contribution in [1.29, 1.82) is 0 Å². The van der Waals surface area contributed by atoms with Gasteiger partial charge in [-0.3, -0.25) is 4.79 Å². The molecule has 1 atom stereocenters. The lowest BCUT2D eigenvalue weighted by molar-refractivity contribution is 0.0600. The van der Waals surface area contributed by atoms with Crippen molar-refractivity contribution < 1.29 is 24.2 Å². The zero-order chi connectivity index (χ0) is 20.0. The molecule has 0 aliphatic heterocycles. The van der Waals surface area contributed by atoms with Crippen LogP contribution in [0.2, 0.25) is 0 Å². The number of nitrogens with one attached hydrogen (secondary N) is 1. The van der Waals surface area contributed by atoms with Gasteiger partial charge in [-0.1, -0.05) is 12.1 Å². The van der Waals surface area contributed by atoms with Crippen molar-refractivity contribution in [3.63, 3.8) is 0 Å². The monoisotopic (exact) mass is 374 g/mol. The summed E-state index contributed by atoms with van der Waals surface area (Å²) in [5, 5.41) is 12.3. The van der Waals surface area contributed by atoms with E-state index in [-0.39, 0.29) is 12.3 Å². The normalized spacial score (nSPS) is 11.5. The molecule has 0 aliphatic carbocycles. The smallest absolute Gasteiger partial charge is 0.407 e. The molecular formula is C19H22N2O6. The molecule has 8 heteroatoms. The summed E-state index contributed by atoms with van der Waals surface area (Å²) in [4.78, 5) is 34.7. The van der Waals surface area contributed by atoms with Crippen molar-refractivity contribution in [2.24, 2.45) is 0 Å². The third-order valence-electron chi connectivity index (χ3n) is 4.12. The van der Waals surface area contributed by atoms with Gasteiger partial charge in [-0.15, -0.1) is 0 Å². The second-order valence-electron chi connectivity index (χ2n) is 5.90. The van der Waals surface area contributed by atoms with E-state index in [1.54, 1.807) is 48.9 Å². The van der Waals surface area contributed by atoms with E-state index < -0.39 is 23.6 Å². The highest BCUT2D eigenvalue weighted by Crippen LogP contribution is 2.17. The Balaban J connectivity index is 1.85. The number of amides is 1. The Labute approximate surface area is 156 Å². The van der Waals surface area contributed by atoms with E-state index in [1.807, 2.05) is 0 Å². The van der Waals surface area contributed by atoms with Gasteiger partial charge in [-0.05, 0) is 31.5 Å². The van der Waals surface area contributed by atoms with E-state index in [0.717, 1.165) is 5.56 Å². The number of aromatic nitrogens is 1.